The number of hydrogen-bond donors (Lipinski definition) is 1. The maximum absolute atomic E-state index is 13.6. The zero-order valence-electron chi connectivity index (χ0n) is 9.63. The molecular formula is C13H17BrFN. The van der Waals surface area contributed by atoms with E-state index in [1.54, 1.807) is 6.07 Å². The molecule has 1 aromatic carbocycles. The minimum Gasteiger partial charge on any atom is -0.316 e. The fraction of sp³-hybridized carbons (Fsp3) is 0.538. The van der Waals surface area contributed by atoms with Gasteiger partial charge < -0.3 is 5.32 Å². The molecule has 0 bridgehead atoms. The molecule has 0 radical (unpaired) electrons. The second-order valence-electron chi connectivity index (χ2n) is 4.71. The van der Waals surface area contributed by atoms with Gasteiger partial charge >= 0.3 is 0 Å². The number of nitrogens with one attached hydrogen (secondary N) is 1. The van der Waals surface area contributed by atoms with Crippen LogP contribution in [0.5, 0.6) is 0 Å². The SMILES string of the molecule is CNC(Cc1cc(Br)ccc1F)C1CC1C. The van der Waals surface area contributed by atoms with E-state index in [4.69, 9.17) is 0 Å². The summed E-state index contributed by atoms with van der Waals surface area (Å²) in [5.74, 6) is 1.40. The van der Waals surface area contributed by atoms with Crippen LogP contribution in [0.4, 0.5) is 4.39 Å². The average Bonchev–Trinajstić information content (AvgIpc) is 2.97. The monoisotopic (exact) mass is 285 g/mol. The van der Waals surface area contributed by atoms with Gasteiger partial charge in [0, 0.05) is 10.5 Å². The summed E-state index contributed by atoms with van der Waals surface area (Å²) < 4.78 is 14.5. The Kier molecular flexibility index (Phi) is 3.65. The Morgan fingerprint density at radius 2 is 2.25 bits per heavy atom. The normalized spacial score (nSPS) is 25.5. The summed E-state index contributed by atoms with van der Waals surface area (Å²) >= 11 is 3.39. The molecule has 2 rings (SSSR count). The third-order valence-corrected chi connectivity index (χ3v) is 4.00. The molecule has 1 saturated carbocycles. The first-order valence-corrected chi connectivity index (χ1v) is 6.52. The van der Waals surface area contributed by atoms with Crippen molar-refractivity contribution in [2.24, 2.45) is 11.8 Å². The number of rotatable bonds is 4. The first kappa shape index (κ1) is 12.1. The molecule has 0 saturated heterocycles. The number of halogens is 2. The van der Waals surface area contributed by atoms with Gasteiger partial charge in [-0.15, -0.1) is 0 Å². The molecule has 1 aliphatic rings. The predicted octanol–water partition coefficient (Wildman–Crippen LogP) is 3.37. The molecule has 3 atom stereocenters. The van der Waals surface area contributed by atoms with Crippen LogP contribution in [0.1, 0.15) is 18.9 Å². The van der Waals surface area contributed by atoms with Crippen LogP contribution in [-0.4, -0.2) is 13.1 Å². The van der Waals surface area contributed by atoms with Crippen molar-refractivity contribution in [1.29, 1.82) is 0 Å². The predicted molar refractivity (Wildman–Crippen MR) is 67.9 cm³/mol. The first-order chi connectivity index (χ1) is 7.61. The highest BCUT2D eigenvalue weighted by molar-refractivity contribution is 9.10. The van der Waals surface area contributed by atoms with Crippen molar-refractivity contribution in [2.45, 2.75) is 25.8 Å². The fourth-order valence-electron chi connectivity index (χ4n) is 2.32. The Labute approximate surface area is 105 Å². The summed E-state index contributed by atoms with van der Waals surface area (Å²) in [5.41, 5.74) is 0.799. The van der Waals surface area contributed by atoms with Crippen LogP contribution in [0.15, 0.2) is 22.7 Å². The van der Waals surface area contributed by atoms with Crippen LogP contribution >= 0.6 is 15.9 Å². The van der Waals surface area contributed by atoms with Crippen molar-refractivity contribution in [2.75, 3.05) is 7.05 Å². The van der Waals surface area contributed by atoms with E-state index in [1.807, 2.05) is 13.1 Å². The molecule has 3 unspecified atom stereocenters. The van der Waals surface area contributed by atoms with Gasteiger partial charge in [-0.25, -0.2) is 4.39 Å². The molecule has 16 heavy (non-hydrogen) atoms. The minimum absolute atomic E-state index is 0.100. The van der Waals surface area contributed by atoms with Gasteiger partial charge in [0.15, 0.2) is 0 Å². The highest BCUT2D eigenvalue weighted by atomic mass is 79.9. The molecule has 0 aromatic heterocycles. The lowest BCUT2D eigenvalue weighted by molar-refractivity contribution is 0.469. The van der Waals surface area contributed by atoms with E-state index in [0.29, 0.717) is 12.0 Å². The lowest BCUT2D eigenvalue weighted by Gasteiger charge is -2.16. The Balaban J connectivity index is 2.09. The van der Waals surface area contributed by atoms with Gasteiger partial charge in [0.25, 0.3) is 0 Å². The fourth-order valence-corrected chi connectivity index (χ4v) is 2.72. The van der Waals surface area contributed by atoms with Crippen LogP contribution in [0.2, 0.25) is 0 Å². The third kappa shape index (κ3) is 2.64. The molecule has 0 heterocycles. The van der Waals surface area contributed by atoms with Gasteiger partial charge in [0.1, 0.15) is 5.82 Å². The van der Waals surface area contributed by atoms with Gasteiger partial charge in [0.05, 0.1) is 0 Å². The Morgan fingerprint density at radius 3 is 2.81 bits per heavy atom. The average molecular weight is 286 g/mol. The quantitative estimate of drug-likeness (QED) is 0.894. The number of benzene rings is 1. The molecule has 1 N–H and O–H groups in total. The summed E-state index contributed by atoms with van der Waals surface area (Å²) in [7, 11) is 1.96. The summed E-state index contributed by atoms with van der Waals surface area (Å²) in [4.78, 5) is 0. The van der Waals surface area contributed by atoms with Gasteiger partial charge in [0.2, 0.25) is 0 Å². The van der Waals surface area contributed by atoms with Crippen LogP contribution in [0.3, 0.4) is 0 Å². The van der Waals surface area contributed by atoms with E-state index < -0.39 is 0 Å². The highest BCUT2D eigenvalue weighted by Crippen LogP contribution is 2.41. The second kappa shape index (κ2) is 4.84. The van der Waals surface area contributed by atoms with Crippen molar-refractivity contribution >= 4 is 15.9 Å². The third-order valence-electron chi connectivity index (χ3n) is 3.51. The largest absolute Gasteiger partial charge is 0.316 e. The van der Waals surface area contributed by atoms with Crippen molar-refractivity contribution in [3.63, 3.8) is 0 Å². The molecule has 0 aliphatic heterocycles. The minimum atomic E-state index is -0.100. The first-order valence-electron chi connectivity index (χ1n) is 5.73. The summed E-state index contributed by atoms with van der Waals surface area (Å²) in [6.45, 7) is 2.26. The van der Waals surface area contributed by atoms with E-state index >= 15 is 0 Å². The Morgan fingerprint density at radius 1 is 1.56 bits per heavy atom. The molecular weight excluding hydrogens is 269 g/mol. The molecule has 1 aliphatic carbocycles. The maximum Gasteiger partial charge on any atom is 0.126 e. The van der Waals surface area contributed by atoms with Gasteiger partial charge in [-0.1, -0.05) is 22.9 Å². The molecule has 1 aromatic rings. The standard InChI is InChI=1S/C13H17BrFN/c1-8-5-11(8)13(16-2)7-9-6-10(14)3-4-12(9)15/h3-4,6,8,11,13,16H,5,7H2,1-2H3. The number of hydrogen-bond acceptors (Lipinski definition) is 1. The zero-order chi connectivity index (χ0) is 11.7. The molecule has 0 amide bonds. The van der Waals surface area contributed by atoms with E-state index in [1.165, 1.54) is 12.5 Å². The zero-order valence-corrected chi connectivity index (χ0v) is 11.2. The number of likely N-dealkylation sites (N-methyl/N-ethyl adjacent to an activating group) is 1. The summed E-state index contributed by atoms with van der Waals surface area (Å²) in [6.07, 6.45) is 2.04. The van der Waals surface area contributed by atoms with E-state index in [9.17, 15) is 4.39 Å². The van der Waals surface area contributed by atoms with Crippen molar-refractivity contribution < 1.29 is 4.39 Å². The highest BCUT2D eigenvalue weighted by Gasteiger charge is 2.38. The van der Waals surface area contributed by atoms with Gasteiger partial charge in [-0.3, -0.25) is 0 Å². The van der Waals surface area contributed by atoms with Crippen molar-refractivity contribution in [3.8, 4) is 0 Å². The molecule has 88 valence electrons. The van der Waals surface area contributed by atoms with E-state index in [2.05, 4.69) is 28.2 Å². The summed E-state index contributed by atoms with van der Waals surface area (Å²) in [6, 6.07) is 5.56. The van der Waals surface area contributed by atoms with E-state index in [-0.39, 0.29) is 5.82 Å². The molecule has 1 nitrogen and oxygen atoms in total. The smallest absolute Gasteiger partial charge is 0.126 e. The Bertz CT molecular complexity index is 380. The molecule has 3 heteroatoms. The molecule has 0 spiro atoms. The summed E-state index contributed by atoms with van der Waals surface area (Å²) in [5, 5.41) is 3.31. The van der Waals surface area contributed by atoms with Gasteiger partial charge in [-0.2, -0.15) is 0 Å². The van der Waals surface area contributed by atoms with Crippen molar-refractivity contribution in [1.82, 2.24) is 5.32 Å². The van der Waals surface area contributed by atoms with E-state index in [0.717, 1.165) is 22.4 Å². The lowest BCUT2D eigenvalue weighted by Crippen LogP contribution is -2.30. The topological polar surface area (TPSA) is 12.0 Å². The second-order valence-corrected chi connectivity index (χ2v) is 5.63. The Hall–Kier alpha value is -0.410. The van der Waals surface area contributed by atoms with Crippen LogP contribution < -0.4 is 5.32 Å². The van der Waals surface area contributed by atoms with Crippen LogP contribution in [0.25, 0.3) is 0 Å². The van der Waals surface area contributed by atoms with Crippen LogP contribution in [-0.2, 0) is 6.42 Å². The van der Waals surface area contributed by atoms with Gasteiger partial charge in [-0.05, 0) is 55.5 Å². The van der Waals surface area contributed by atoms with Crippen molar-refractivity contribution in [3.05, 3.63) is 34.1 Å². The maximum atomic E-state index is 13.6. The lowest BCUT2D eigenvalue weighted by atomic mass is 10.0. The molecule has 1 fully saturated rings. The van der Waals surface area contributed by atoms with Crippen LogP contribution in [0, 0.1) is 17.7 Å².